The summed E-state index contributed by atoms with van der Waals surface area (Å²) in [6, 6.07) is 22.7. The monoisotopic (exact) mass is 553 g/mol. The van der Waals surface area contributed by atoms with Crippen LogP contribution in [0, 0.1) is 13.8 Å². The van der Waals surface area contributed by atoms with E-state index >= 15 is 0 Å². The van der Waals surface area contributed by atoms with Gasteiger partial charge >= 0.3 is 0 Å². The van der Waals surface area contributed by atoms with Gasteiger partial charge in [-0.25, -0.2) is 0 Å². The SMILES string of the molecule is Cc1ccc(S(=O)(=O)OCCCN(CCCOS(=O)(=O)c2ccc(C)cc2)c2ccccc2)cc1.Cl. The Morgan fingerprint density at radius 2 is 1.00 bits per heavy atom. The smallest absolute Gasteiger partial charge is 0.296 e. The fraction of sp³-hybridized carbons (Fsp3) is 0.308. The normalized spacial score (nSPS) is 11.6. The van der Waals surface area contributed by atoms with E-state index in [1.807, 2.05) is 44.2 Å². The minimum atomic E-state index is -3.81. The van der Waals surface area contributed by atoms with Crippen LogP contribution in [-0.2, 0) is 28.6 Å². The zero-order valence-corrected chi connectivity index (χ0v) is 22.8. The van der Waals surface area contributed by atoms with Gasteiger partial charge in [-0.05, 0) is 63.1 Å². The van der Waals surface area contributed by atoms with E-state index in [1.54, 1.807) is 24.3 Å². The zero-order chi connectivity index (χ0) is 25.3. The standard InChI is InChI=1S/C26H31NO6S2.ClH/c1-22-10-14-25(15-11-22)34(28,29)32-20-6-18-27(24-8-4-3-5-9-24)19-7-21-33-35(30,31)26-16-12-23(2)13-17-26;/h3-5,8-17H,6-7,18-21H2,1-2H3;1H. The fourth-order valence-corrected chi connectivity index (χ4v) is 5.29. The Bertz CT molecular complexity index is 1200. The van der Waals surface area contributed by atoms with Crippen molar-refractivity contribution < 1.29 is 25.2 Å². The quantitative estimate of drug-likeness (QED) is 0.214. The van der Waals surface area contributed by atoms with Crippen molar-refractivity contribution in [3.05, 3.63) is 90.0 Å². The highest BCUT2D eigenvalue weighted by atomic mass is 35.5. The first-order chi connectivity index (χ1) is 16.7. The number of halogens is 1. The number of anilines is 1. The number of hydrogen-bond acceptors (Lipinski definition) is 7. The lowest BCUT2D eigenvalue weighted by Gasteiger charge is -2.25. The van der Waals surface area contributed by atoms with Gasteiger partial charge < -0.3 is 4.90 Å². The van der Waals surface area contributed by atoms with E-state index in [1.165, 1.54) is 24.3 Å². The fourth-order valence-electron chi connectivity index (χ4n) is 3.40. The molecular weight excluding hydrogens is 522 g/mol. The van der Waals surface area contributed by atoms with Crippen molar-refractivity contribution in [3.63, 3.8) is 0 Å². The van der Waals surface area contributed by atoms with Crippen LogP contribution in [0.4, 0.5) is 5.69 Å². The molecule has 0 heterocycles. The number of nitrogens with zero attached hydrogens (tertiary/aromatic N) is 1. The highest BCUT2D eigenvalue weighted by Crippen LogP contribution is 2.17. The van der Waals surface area contributed by atoms with Crippen molar-refractivity contribution >= 4 is 38.3 Å². The van der Waals surface area contributed by atoms with Crippen LogP contribution in [0.2, 0.25) is 0 Å². The number of para-hydroxylation sites is 1. The van der Waals surface area contributed by atoms with Gasteiger partial charge in [0.1, 0.15) is 0 Å². The molecule has 0 unspecified atom stereocenters. The van der Waals surface area contributed by atoms with E-state index in [4.69, 9.17) is 8.37 Å². The van der Waals surface area contributed by atoms with Crippen molar-refractivity contribution in [1.29, 1.82) is 0 Å². The first-order valence-electron chi connectivity index (χ1n) is 11.4. The molecule has 3 aromatic rings. The van der Waals surface area contributed by atoms with Gasteiger partial charge in [0, 0.05) is 18.8 Å². The van der Waals surface area contributed by atoms with Gasteiger partial charge in [0.25, 0.3) is 20.2 Å². The molecule has 0 aliphatic carbocycles. The van der Waals surface area contributed by atoms with Crippen LogP contribution in [0.5, 0.6) is 0 Å². The van der Waals surface area contributed by atoms with Crippen LogP contribution < -0.4 is 4.90 Å². The summed E-state index contributed by atoms with van der Waals surface area (Å²) in [6.07, 6.45) is 0.949. The average molecular weight is 554 g/mol. The number of aryl methyl sites for hydroxylation is 2. The summed E-state index contributed by atoms with van der Waals surface area (Å²) in [7, 11) is -7.62. The number of rotatable bonds is 13. The third kappa shape index (κ3) is 8.90. The molecule has 0 N–H and O–H groups in total. The van der Waals surface area contributed by atoms with E-state index in [9.17, 15) is 16.8 Å². The van der Waals surface area contributed by atoms with Crippen molar-refractivity contribution in [2.24, 2.45) is 0 Å². The third-order valence-electron chi connectivity index (χ3n) is 5.36. The van der Waals surface area contributed by atoms with E-state index < -0.39 is 20.2 Å². The molecule has 0 amide bonds. The van der Waals surface area contributed by atoms with Gasteiger partial charge in [0.2, 0.25) is 0 Å². The Morgan fingerprint density at radius 1 is 0.611 bits per heavy atom. The summed E-state index contributed by atoms with van der Waals surface area (Å²) < 4.78 is 60.0. The summed E-state index contributed by atoms with van der Waals surface area (Å²) >= 11 is 0. The predicted molar refractivity (Wildman–Crippen MR) is 144 cm³/mol. The maximum absolute atomic E-state index is 12.4. The second-order valence-electron chi connectivity index (χ2n) is 8.21. The Balaban J connectivity index is 0.00000456. The molecule has 3 rings (SSSR count). The highest BCUT2D eigenvalue weighted by molar-refractivity contribution is 7.87. The van der Waals surface area contributed by atoms with E-state index in [2.05, 4.69) is 4.90 Å². The summed E-state index contributed by atoms with van der Waals surface area (Å²) in [5, 5.41) is 0. The predicted octanol–water partition coefficient (Wildman–Crippen LogP) is 5.12. The topological polar surface area (TPSA) is 90.0 Å². The minimum Gasteiger partial charge on any atom is -0.371 e. The molecule has 0 aromatic heterocycles. The van der Waals surface area contributed by atoms with Gasteiger partial charge in [-0.2, -0.15) is 16.8 Å². The molecule has 10 heteroatoms. The third-order valence-corrected chi connectivity index (χ3v) is 8.02. The lowest BCUT2D eigenvalue weighted by Crippen LogP contribution is -2.28. The van der Waals surface area contributed by atoms with Crippen molar-refractivity contribution in [2.45, 2.75) is 36.5 Å². The van der Waals surface area contributed by atoms with Gasteiger partial charge in [-0.1, -0.05) is 53.6 Å². The van der Waals surface area contributed by atoms with Crippen molar-refractivity contribution in [1.82, 2.24) is 0 Å². The first kappa shape index (κ1) is 29.8. The molecule has 0 aliphatic heterocycles. The molecule has 0 radical (unpaired) electrons. The summed E-state index contributed by atoms with van der Waals surface area (Å²) in [4.78, 5) is 2.33. The van der Waals surface area contributed by atoms with E-state index in [-0.39, 0.29) is 35.4 Å². The lowest BCUT2D eigenvalue weighted by molar-refractivity contribution is 0.306. The molecule has 0 aliphatic rings. The second kappa shape index (κ2) is 13.8. The summed E-state index contributed by atoms with van der Waals surface area (Å²) in [5.74, 6) is 0. The summed E-state index contributed by atoms with van der Waals surface area (Å²) in [6.45, 7) is 4.93. The van der Waals surface area contributed by atoms with E-state index in [0.717, 1.165) is 16.8 Å². The Kier molecular flexibility index (Phi) is 11.4. The van der Waals surface area contributed by atoms with Crippen LogP contribution in [0.1, 0.15) is 24.0 Å². The van der Waals surface area contributed by atoms with Gasteiger partial charge in [-0.15, -0.1) is 12.4 Å². The van der Waals surface area contributed by atoms with Crippen LogP contribution in [0.15, 0.2) is 88.7 Å². The molecule has 0 bridgehead atoms. The number of hydrogen-bond donors (Lipinski definition) is 0. The second-order valence-corrected chi connectivity index (χ2v) is 11.4. The first-order valence-corrected chi connectivity index (χ1v) is 14.2. The molecular formula is C26H32ClNO6S2. The molecule has 36 heavy (non-hydrogen) atoms. The number of benzene rings is 3. The molecule has 0 spiro atoms. The maximum Gasteiger partial charge on any atom is 0.296 e. The van der Waals surface area contributed by atoms with Gasteiger partial charge in [0.05, 0.1) is 23.0 Å². The molecule has 0 saturated heterocycles. The zero-order valence-electron chi connectivity index (χ0n) is 20.4. The van der Waals surface area contributed by atoms with Crippen molar-refractivity contribution in [2.75, 3.05) is 31.2 Å². The Labute approximate surface area is 220 Å². The summed E-state index contributed by atoms with van der Waals surface area (Å²) in [5.41, 5.74) is 2.89. The highest BCUT2D eigenvalue weighted by Gasteiger charge is 2.17. The van der Waals surface area contributed by atoms with Crippen LogP contribution in [0.3, 0.4) is 0 Å². The van der Waals surface area contributed by atoms with Crippen molar-refractivity contribution in [3.8, 4) is 0 Å². The van der Waals surface area contributed by atoms with Gasteiger partial charge in [0.15, 0.2) is 0 Å². The van der Waals surface area contributed by atoms with Crippen LogP contribution in [-0.4, -0.2) is 43.1 Å². The molecule has 7 nitrogen and oxygen atoms in total. The maximum atomic E-state index is 12.4. The molecule has 0 atom stereocenters. The molecule has 196 valence electrons. The minimum absolute atomic E-state index is 0. The van der Waals surface area contributed by atoms with Gasteiger partial charge in [-0.3, -0.25) is 8.37 Å². The molecule has 0 saturated carbocycles. The lowest BCUT2D eigenvalue weighted by atomic mass is 10.2. The van der Waals surface area contributed by atoms with E-state index in [0.29, 0.717) is 25.9 Å². The molecule has 0 fully saturated rings. The molecule has 3 aromatic carbocycles. The average Bonchev–Trinajstić information content (AvgIpc) is 2.84. The Hall–Kier alpha value is -2.43. The largest absolute Gasteiger partial charge is 0.371 e. The van der Waals surface area contributed by atoms with Crippen LogP contribution in [0.25, 0.3) is 0 Å². The Morgan fingerprint density at radius 3 is 1.39 bits per heavy atom. The van der Waals surface area contributed by atoms with Crippen LogP contribution >= 0.6 is 12.4 Å².